The summed E-state index contributed by atoms with van der Waals surface area (Å²) in [4.78, 5) is 16.2. The minimum atomic E-state index is -0.174. The van der Waals surface area contributed by atoms with Crippen molar-refractivity contribution >= 4 is 33.5 Å². The largest absolute Gasteiger partial charge is 0.497 e. The van der Waals surface area contributed by atoms with Crippen molar-refractivity contribution in [2.24, 2.45) is 5.16 Å². The van der Waals surface area contributed by atoms with Crippen molar-refractivity contribution in [3.8, 4) is 17.4 Å². The van der Waals surface area contributed by atoms with Crippen molar-refractivity contribution in [3.63, 3.8) is 0 Å². The number of aromatic nitrogens is 4. The molecule has 7 rings (SSSR count). The third-order valence-corrected chi connectivity index (χ3v) is 7.84. The molecular weight excluding hydrogens is 510 g/mol. The van der Waals surface area contributed by atoms with E-state index in [-0.39, 0.29) is 12.5 Å². The Hall–Kier alpha value is -4.76. The van der Waals surface area contributed by atoms with Crippen LogP contribution in [-0.2, 0) is 11.4 Å². The molecule has 6 aromatic rings. The first-order valence-electron chi connectivity index (χ1n) is 12.5. The van der Waals surface area contributed by atoms with Gasteiger partial charge in [-0.15, -0.1) is 16.4 Å². The van der Waals surface area contributed by atoms with Gasteiger partial charge in [-0.2, -0.15) is 0 Å². The van der Waals surface area contributed by atoms with E-state index in [1.807, 2.05) is 48.7 Å². The van der Waals surface area contributed by atoms with Crippen molar-refractivity contribution in [1.82, 2.24) is 19.6 Å². The van der Waals surface area contributed by atoms with E-state index in [1.54, 1.807) is 29.3 Å². The molecule has 3 aromatic heterocycles. The van der Waals surface area contributed by atoms with Crippen LogP contribution < -0.4 is 9.47 Å². The van der Waals surface area contributed by atoms with E-state index in [1.165, 1.54) is 0 Å². The molecule has 0 radical (unpaired) electrons. The SMILES string of the molecule is COc1ccc(C2c3ccc4ccccc4c3Oc3ncn4nc(CO/N=C(\C)c5cccs5)nc4c32)cc1. The summed E-state index contributed by atoms with van der Waals surface area (Å²) in [6, 6.07) is 24.5. The number of hydrogen-bond donors (Lipinski definition) is 0. The minimum Gasteiger partial charge on any atom is -0.497 e. The predicted molar refractivity (Wildman–Crippen MR) is 150 cm³/mol. The summed E-state index contributed by atoms with van der Waals surface area (Å²) < 4.78 is 13.6. The van der Waals surface area contributed by atoms with Gasteiger partial charge in [-0.05, 0) is 41.5 Å². The first-order valence-corrected chi connectivity index (χ1v) is 13.4. The molecule has 0 bridgehead atoms. The Kier molecular flexibility index (Phi) is 5.70. The number of methoxy groups -OCH3 is 1. The number of benzene rings is 3. The summed E-state index contributed by atoms with van der Waals surface area (Å²) in [5.74, 6) is 2.44. The van der Waals surface area contributed by atoms with Gasteiger partial charge in [0.2, 0.25) is 5.88 Å². The monoisotopic (exact) mass is 533 g/mol. The summed E-state index contributed by atoms with van der Waals surface area (Å²) in [7, 11) is 1.67. The zero-order chi connectivity index (χ0) is 26.3. The fourth-order valence-electron chi connectivity index (χ4n) is 5.01. The molecule has 4 heterocycles. The highest BCUT2D eigenvalue weighted by molar-refractivity contribution is 7.12. The molecule has 8 nitrogen and oxygen atoms in total. The fraction of sp³-hybridized carbons (Fsp3) is 0.133. The van der Waals surface area contributed by atoms with Crippen LogP contribution in [0.4, 0.5) is 0 Å². The van der Waals surface area contributed by atoms with Crippen molar-refractivity contribution in [2.75, 3.05) is 7.11 Å². The normalized spacial score (nSPS) is 14.6. The van der Waals surface area contributed by atoms with Gasteiger partial charge >= 0.3 is 0 Å². The number of fused-ring (bicyclic) bond motifs is 6. The van der Waals surface area contributed by atoms with Crippen LogP contribution in [0.5, 0.6) is 17.4 Å². The number of ether oxygens (including phenoxy) is 2. The molecule has 9 heteroatoms. The van der Waals surface area contributed by atoms with Crippen LogP contribution >= 0.6 is 11.3 Å². The lowest BCUT2D eigenvalue weighted by molar-refractivity contribution is 0.125. The molecular formula is C30H23N5O3S. The molecule has 0 amide bonds. The predicted octanol–water partition coefficient (Wildman–Crippen LogP) is 6.57. The average Bonchev–Trinajstić information content (AvgIpc) is 3.66. The quantitative estimate of drug-likeness (QED) is 0.178. The van der Waals surface area contributed by atoms with Crippen molar-refractivity contribution in [1.29, 1.82) is 0 Å². The molecule has 1 aliphatic heterocycles. The first-order chi connectivity index (χ1) is 19.2. The zero-order valence-electron chi connectivity index (χ0n) is 21.2. The van der Waals surface area contributed by atoms with E-state index in [4.69, 9.17) is 19.3 Å². The van der Waals surface area contributed by atoms with Crippen LogP contribution in [0.2, 0.25) is 0 Å². The summed E-state index contributed by atoms with van der Waals surface area (Å²) in [5.41, 5.74) is 4.44. The van der Waals surface area contributed by atoms with Gasteiger partial charge in [-0.1, -0.05) is 59.8 Å². The van der Waals surface area contributed by atoms with E-state index < -0.39 is 0 Å². The minimum absolute atomic E-state index is 0.133. The maximum Gasteiger partial charge on any atom is 0.228 e. The van der Waals surface area contributed by atoms with Crippen molar-refractivity contribution < 1.29 is 14.3 Å². The molecule has 1 aliphatic rings. The maximum atomic E-state index is 6.49. The van der Waals surface area contributed by atoms with Gasteiger partial charge < -0.3 is 14.3 Å². The molecule has 0 N–H and O–H groups in total. The Labute approximate surface area is 228 Å². The van der Waals surface area contributed by atoms with Gasteiger partial charge in [-0.3, -0.25) is 0 Å². The second-order valence-corrected chi connectivity index (χ2v) is 10.1. The average molecular weight is 534 g/mol. The Bertz CT molecular complexity index is 1850. The van der Waals surface area contributed by atoms with Gasteiger partial charge in [0.25, 0.3) is 0 Å². The maximum absolute atomic E-state index is 6.49. The van der Waals surface area contributed by atoms with E-state index >= 15 is 0 Å². The third kappa shape index (κ3) is 4.07. The number of rotatable bonds is 6. The van der Waals surface area contributed by atoms with Crippen LogP contribution in [0.25, 0.3) is 16.4 Å². The molecule has 0 aliphatic carbocycles. The zero-order valence-corrected chi connectivity index (χ0v) is 22.1. The molecule has 39 heavy (non-hydrogen) atoms. The molecule has 0 fully saturated rings. The van der Waals surface area contributed by atoms with Crippen molar-refractivity contribution in [3.05, 3.63) is 112 Å². The second-order valence-electron chi connectivity index (χ2n) is 9.20. The molecule has 1 atom stereocenters. The van der Waals surface area contributed by atoms with Gasteiger partial charge in [-0.25, -0.2) is 14.5 Å². The number of hydrogen-bond acceptors (Lipinski definition) is 8. The highest BCUT2D eigenvalue weighted by Crippen LogP contribution is 2.50. The number of nitrogens with zero attached hydrogens (tertiary/aromatic N) is 5. The van der Waals surface area contributed by atoms with Gasteiger partial charge in [0.15, 0.2) is 18.1 Å². The fourth-order valence-corrected chi connectivity index (χ4v) is 5.68. The summed E-state index contributed by atoms with van der Waals surface area (Å²) >= 11 is 1.62. The summed E-state index contributed by atoms with van der Waals surface area (Å²) in [6.45, 7) is 2.05. The highest BCUT2D eigenvalue weighted by Gasteiger charge is 2.34. The van der Waals surface area contributed by atoms with Crippen molar-refractivity contribution in [2.45, 2.75) is 19.4 Å². The number of oxime groups is 1. The second kappa shape index (κ2) is 9.52. The van der Waals surface area contributed by atoms with E-state index in [9.17, 15) is 0 Å². The lowest BCUT2D eigenvalue weighted by Crippen LogP contribution is -2.15. The van der Waals surface area contributed by atoms with Crippen LogP contribution in [-0.4, -0.2) is 32.4 Å². The van der Waals surface area contributed by atoms with Gasteiger partial charge in [0.05, 0.1) is 23.3 Å². The molecule has 3 aromatic carbocycles. The van der Waals surface area contributed by atoms with Crippen LogP contribution in [0, 0.1) is 0 Å². The van der Waals surface area contributed by atoms with Gasteiger partial charge in [0.1, 0.15) is 17.8 Å². The van der Waals surface area contributed by atoms with Crippen LogP contribution in [0.3, 0.4) is 0 Å². The van der Waals surface area contributed by atoms with Crippen LogP contribution in [0.1, 0.15) is 40.2 Å². The lowest BCUT2D eigenvalue weighted by Gasteiger charge is -2.28. The summed E-state index contributed by atoms with van der Waals surface area (Å²) in [5, 5.41) is 13.0. The highest BCUT2D eigenvalue weighted by atomic mass is 32.1. The van der Waals surface area contributed by atoms with E-state index in [2.05, 4.69) is 51.6 Å². The molecule has 1 unspecified atom stereocenters. The molecule has 192 valence electrons. The third-order valence-electron chi connectivity index (χ3n) is 6.86. The first kappa shape index (κ1) is 23.4. The standard InChI is InChI=1S/C30H23N5O3S/c1-18(24-8-5-15-39-24)34-37-16-25-32-29-27-26(20-9-12-21(36-2)13-10-20)23-14-11-19-6-3-4-7-22(19)28(23)38-30(27)31-17-35(29)33-25/h3-15,17,26H,16H2,1-2H3/b34-18+. The number of thiophene rings is 1. The van der Waals surface area contributed by atoms with E-state index in [0.29, 0.717) is 17.4 Å². The molecule has 0 saturated carbocycles. The topological polar surface area (TPSA) is 83.1 Å². The molecule has 0 spiro atoms. The van der Waals surface area contributed by atoms with E-state index in [0.717, 1.165) is 49.6 Å². The van der Waals surface area contributed by atoms with Gasteiger partial charge in [0, 0.05) is 16.9 Å². The lowest BCUT2D eigenvalue weighted by atomic mass is 9.83. The Morgan fingerprint density at radius 3 is 2.74 bits per heavy atom. The Morgan fingerprint density at radius 1 is 1.05 bits per heavy atom. The summed E-state index contributed by atoms with van der Waals surface area (Å²) in [6.07, 6.45) is 1.63. The Balaban J connectivity index is 1.33. The smallest absolute Gasteiger partial charge is 0.228 e. The Morgan fingerprint density at radius 2 is 1.92 bits per heavy atom. The molecule has 0 saturated heterocycles. The van der Waals surface area contributed by atoms with Crippen LogP contribution in [0.15, 0.2) is 89.7 Å².